The maximum atomic E-state index is 13.6. The normalized spacial score (nSPS) is 11.3. The SMILES string of the molecule is Cc1ccc(S(=O)(=O)Nc2cc(N)ccc2F)c(Br)c1. The van der Waals surface area contributed by atoms with Crippen molar-refractivity contribution in [1.29, 1.82) is 0 Å². The van der Waals surface area contributed by atoms with Crippen LogP contribution in [-0.4, -0.2) is 8.42 Å². The molecule has 0 bridgehead atoms. The van der Waals surface area contributed by atoms with E-state index in [1.54, 1.807) is 12.1 Å². The molecule has 0 aliphatic carbocycles. The van der Waals surface area contributed by atoms with Gasteiger partial charge < -0.3 is 5.73 Å². The van der Waals surface area contributed by atoms with E-state index in [9.17, 15) is 12.8 Å². The highest BCUT2D eigenvalue weighted by Gasteiger charge is 2.19. The van der Waals surface area contributed by atoms with E-state index in [1.165, 1.54) is 18.2 Å². The molecule has 0 aliphatic heterocycles. The number of halogens is 2. The lowest BCUT2D eigenvalue weighted by Crippen LogP contribution is -2.14. The Morgan fingerprint density at radius 2 is 1.90 bits per heavy atom. The molecule has 0 atom stereocenters. The number of hydrogen-bond acceptors (Lipinski definition) is 3. The Morgan fingerprint density at radius 3 is 2.55 bits per heavy atom. The lowest BCUT2D eigenvalue weighted by molar-refractivity contribution is 0.598. The predicted octanol–water partition coefficient (Wildman–Crippen LogP) is 3.28. The molecule has 0 unspecified atom stereocenters. The number of rotatable bonds is 3. The van der Waals surface area contributed by atoms with Crippen LogP contribution >= 0.6 is 15.9 Å². The predicted molar refractivity (Wildman–Crippen MR) is 80.5 cm³/mol. The summed E-state index contributed by atoms with van der Waals surface area (Å²) in [6, 6.07) is 8.48. The summed E-state index contributed by atoms with van der Waals surface area (Å²) in [5, 5.41) is 0. The Kier molecular flexibility index (Phi) is 4.01. The standard InChI is InChI=1S/C13H12BrFN2O2S/c1-8-2-5-13(10(14)6-8)20(18,19)17-12-7-9(16)3-4-11(12)15/h2-7,17H,16H2,1H3. The number of nitrogens with two attached hydrogens (primary N) is 1. The smallest absolute Gasteiger partial charge is 0.263 e. The molecule has 2 aromatic carbocycles. The highest BCUT2D eigenvalue weighted by molar-refractivity contribution is 9.10. The average Bonchev–Trinajstić information content (AvgIpc) is 2.33. The highest BCUT2D eigenvalue weighted by atomic mass is 79.9. The van der Waals surface area contributed by atoms with E-state index in [-0.39, 0.29) is 16.3 Å². The third-order valence-corrected chi connectivity index (χ3v) is 4.95. The second kappa shape index (κ2) is 5.41. The summed E-state index contributed by atoms with van der Waals surface area (Å²) in [4.78, 5) is 0.0323. The van der Waals surface area contributed by atoms with Gasteiger partial charge >= 0.3 is 0 Å². The van der Waals surface area contributed by atoms with Crippen LogP contribution in [0.3, 0.4) is 0 Å². The second-order valence-corrected chi connectivity index (χ2v) is 6.78. The van der Waals surface area contributed by atoms with E-state index in [4.69, 9.17) is 5.73 Å². The molecule has 20 heavy (non-hydrogen) atoms. The number of nitrogens with one attached hydrogen (secondary N) is 1. The van der Waals surface area contributed by atoms with Crippen molar-refractivity contribution in [3.8, 4) is 0 Å². The molecule has 106 valence electrons. The zero-order valence-corrected chi connectivity index (χ0v) is 12.9. The molecule has 4 nitrogen and oxygen atoms in total. The minimum atomic E-state index is -3.89. The monoisotopic (exact) mass is 358 g/mol. The van der Waals surface area contributed by atoms with Crippen molar-refractivity contribution in [2.45, 2.75) is 11.8 Å². The van der Waals surface area contributed by atoms with E-state index in [0.29, 0.717) is 4.47 Å². The van der Waals surface area contributed by atoms with Crippen LogP contribution in [0.15, 0.2) is 45.8 Å². The zero-order chi connectivity index (χ0) is 14.9. The van der Waals surface area contributed by atoms with Crippen LogP contribution in [0, 0.1) is 12.7 Å². The zero-order valence-electron chi connectivity index (χ0n) is 10.5. The van der Waals surface area contributed by atoms with E-state index in [1.807, 2.05) is 6.92 Å². The maximum absolute atomic E-state index is 13.6. The van der Waals surface area contributed by atoms with Gasteiger partial charge in [-0.05, 0) is 58.7 Å². The second-order valence-electron chi connectivity index (χ2n) is 4.28. The molecule has 3 N–H and O–H groups in total. The Bertz CT molecular complexity index is 763. The number of hydrogen-bond donors (Lipinski definition) is 2. The number of benzene rings is 2. The van der Waals surface area contributed by atoms with Crippen LogP contribution < -0.4 is 10.5 Å². The molecular formula is C13H12BrFN2O2S. The number of anilines is 2. The fraction of sp³-hybridized carbons (Fsp3) is 0.0769. The van der Waals surface area contributed by atoms with Gasteiger partial charge in [0.15, 0.2) is 0 Å². The van der Waals surface area contributed by atoms with Crippen LogP contribution in [0.1, 0.15) is 5.56 Å². The quantitative estimate of drug-likeness (QED) is 0.827. The van der Waals surface area contributed by atoms with E-state index < -0.39 is 15.8 Å². The third-order valence-electron chi connectivity index (χ3n) is 2.61. The molecule has 0 saturated heterocycles. The third kappa shape index (κ3) is 3.10. The van der Waals surface area contributed by atoms with Crippen LogP contribution in [0.2, 0.25) is 0 Å². The van der Waals surface area contributed by atoms with E-state index in [2.05, 4.69) is 20.7 Å². The van der Waals surface area contributed by atoms with Gasteiger partial charge in [-0.15, -0.1) is 0 Å². The van der Waals surface area contributed by atoms with Gasteiger partial charge in [-0.3, -0.25) is 4.72 Å². The van der Waals surface area contributed by atoms with Crippen LogP contribution in [0.5, 0.6) is 0 Å². The molecule has 0 radical (unpaired) electrons. The summed E-state index contributed by atoms with van der Waals surface area (Å²) in [5.74, 6) is -0.689. The van der Waals surface area contributed by atoms with E-state index in [0.717, 1.165) is 11.6 Å². The molecular weight excluding hydrogens is 347 g/mol. The van der Waals surface area contributed by atoms with Gasteiger partial charge in [0.2, 0.25) is 0 Å². The summed E-state index contributed by atoms with van der Waals surface area (Å²) in [7, 11) is -3.89. The summed E-state index contributed by atoms with van der Waals surface area (Å²) >= 11 is 3.19. The highest BCUT2D eigenvalue weighted by Crippen LogP contribution is 2.26. The number of aryl methyl sites for hydroxylation is 1. The Balaban J connectivity index is 2.43. The fourth-order valence-corrected chi connectivity index (χ4v) is 3.90. The first-order valence-corrected chi connectivity index (χ1v) is 7.91. The van der Waals surface area contributed by atoms with Gasteiger partial charge in [-0.25, -0.2) is 12.8 Å². The molecule has 0 aliphatic rings. The Labute approximate surface area is 125 Å². The molecule has 2 rings (SSSR count). The molecule has 0 amide bonds. The van der Waals surface area contributed by atoms with Crippen molar-refractivity contribution in [2.75, 3.05) is 10.5 Å². The van der Waals surface area contributed by atoms with Crippen molar-refractivity contribution < 1.29 is 12.8 Å². The van der Waals surface area contributed by atoms with Gasteiger partial charge in [0.25, 0.3) is 10.0 Å². The first-order chi connectivity index (χ1) is 9.29. The maximum Gasteiger partial charge on any atom is 0.263 e. The molecule has 0 fully saturated rings. The average molecular weight is 359 g/mol. The summed E-state index contributed by atoms with van der Waals surface area (Å²) in [6.45, 7) is 1.84. The van der Waals surface area contributed by atoms with Gasteiger partial charge in [0.1, 0.15) is 10.7 Å². The van der Waals surface area contributed by atoms with E-state index >= 15 is 0 Å². The van der Waals surface area contributed by atoms with Crippen molar-refractivity contribution in [2.24, 2.45) is 0 Å². The molecule has 0 heterocycles. The molecule has 7 heteroatoms. The number of nitrogen functional groups attached to an aromatic ring is 1. The summed E-state index contributed by atoms with van der Waals surface area (Å²) in [6.07, 6.45) is 0. The first-order valence-electron chi connectivity index (χ1n) is 5.63. The van der Waals surface area contributed by atoms with Crippen molar-refractivity contribution in [1.82, 2.24) is 0 Å². The van der Waals surface area contributed by atoms with Crippen LogP contribution in [-0.2, 0) is 10.0 Å². The van der Waals surface area contributed by atoms with Gasteiger partial charge in [-0.2, -0.15) is 0 Å². The molecule has 2 aromatic rings. The first kappa shape index (κ1) is 14.8. The largest absolute Gasteiger partial charge is 0.399 e. The van der Waals surface area contributed by atoms with Crippen molar-refractivity contribution in [3.05, 3.63) is 52.3 Å². The summed E-state index contributed by atoms with van der Waals surface area (Å²) in [5.41, 5.74) is 6.52. The van der Waals surface area contributed by atoms with Crippen molar-refractivity contribution >= 4 is 37.3 Å². The Morgan fingerprint density at radius 1 is 1.20 bits per heavy atom. The Hall–Kier alpha value is -1.60. The van der Waals surface area contributed by atoms with Crippen molar-refractivity contribution in [3.63, 3.8) is 0 Å². The molecule has 0 saturated carbocycles. The lowest BCUT2D eigenvalue weighted by Gasteiger charge is -2.11. The minimum Gasteiger partial charge on any atom is -0.399 e. The summed E-state index contributed by atoms with van der Waals surface area (Å²) < 4.78 is 40.7. The van der Waals surface area contributed by atoms with Crippen LogP contribution in [0.4, 0.5) is 15.8 Å². The minimum absolute atomic E-state index is 0.0323. The van der Waals surface area contributed by atoms with Gasteiger partial charge in [0, 0.05) is 10.2 Å². The molecule has 0 spiro atoms. The molecule has 0 aromatic heterocycles. The topological polar surface area (TPSA) is 72.2 Å². The van der Waals surface area contributed by atoms with Crippen LogP contribution in [0.25, 0.3) is 0 Å². The lowest BCUT2D eigenvalue weighted by atomic mass is 10.2. The fourth-order valence-electron chi connectivity index (χ4n) is 1.64. The van der Waals surface area contributed by atoms with Gasteiger partial charge in [-0.1, -0.05) is 6.07 Å². The number of sulfonamides is 1. The van der Waals surface area contributed by atoms with Gasteiger partial charge in [0.05, 0.1) is 5.69 Å².